The minimum absolute atomic E-state index is 0.0814. The molecule has 0 aromatic heterocycles. The zero-order chi connectivity index (χ0) is 19.0. The van der Waals surface area contributed by atoms with Crippen LogP contribution in [-0.4, -0.2) is 66.5 Å². The summed E-state index contributed by atoms with van der Waals surface area (Å²) in [7, 11) is 0. The molecule has 0 saturated carbocycles. The first-order valence-corrected chi connectivity index (χ1v) is 9.26. The summed E-state index contributed by atoms with van der Waals surface area (Å²) in [6, 6.07) is -0.0814. The third-order valence-electron chi connectivity index (χ3n) is 4.01. The predicted octanol–water partition coefficient (Wildman–Crippen LogP) is 1.86. The van der Waals surface area contributed by atoms with Crippen LogP contribution in [0.5, 0.6) is 0 Å². The summed E-state index contributed by atoms with van der Waals surface area (Å²) in [4.78, 5) is 39.8. The minimum atomic E-state index is -0.545. The summed E-state index contributed by atoms with van der Waals surface area (Å²) >= 11 is 0. The van der Waals surface area contributed by atoms with E-state index >= 15 is 0 Å². The van der Waals surface area contributed by atoms with E-state index in [9.17, 15) is 14.4 Å². The SMILES string of the molecule is CCOC(=O)N1CCC(NC(=O)C(=O)N(CC(C)C)CC(C)C)CC1. The van der Waals surface area contributed by atoms with Gasteiger partial charge in [0, 0.05) is 32.2 Å². The van der Waals surface area contributed by atoms with Crippen LogP contribution in [0.15, 0.2) is 0 Å². The molecule has 7 nitrogen and oxygen atoms in total. The van der Waals surface area contributed by atoms with Gasteiger partial charge < -0.3 is 19.9 Å². The number of carbonyl (C=O) groups excluding carboxylic acids is 3. The quantitative estimate of drug-likeness (QED) is 0.738. The molecule has 0 aromatic carbocycles. The number of hydrogen-bond donors (Lipinski definition) is 1. The van der Waals surface area contributed by atoms with Gasteiger partial charge in [-0.25, -0.2) is 4.79 Å². The van der Waals surface area contributed by atoms with E-state index in [2.05, 4.69) is 5.32 Å². The first kappa shape index (κ1) is 21.3. The lowest BCUT2D eigenvalue weighted by atomic mass is 10.1. The van der Waals surface area contributed by atoms with Crippen LogP contribution in [0, 0.1) is 11.8 Å². The van der Waals surface area contributed by atoms with Crippen LogP contribution in [0.2, 0.25) is 0 Å². The molecule has 1 rings (SSSR count). The number of carbonyl (C=O) groups is 3. The van der Waals surface area contributed by atoms with E-state index in [1.54, 1.807) is 16.7 Å². The average Bonchev–Trinajstić information content (AvgIpc) is 2.53. The third-order valence-corrected chi connectivity index (χ3v) is 4.01. The monoisotopic (exact) mass is 355 g/mol. The van der Waals surface area contributed by atoms with Crippen LogP contribution in [0.3, 0.4) is 0 Å². The molecule has 1 saturated heterocycles. The molecule has 144 valence electrons. The van der Waals surface area contributed by atoms with Gasteiger partial charge in [0.25, 0.3) is 0 Å². The molecule has 0 aliphatic carbocycles. The molecule has 1 aliphatic rings. The lowest BCUT2D eigenvalue weighted by molar-refractivity contribution is -0.147. The summed E-state index contributed by atoms with van der Waals surface area (Å²) in [5.41, 5.74) is 0. The normalized spacial score (nSPS) is 15.4. The van der Waals surface area contributed by atoms with Crippen molar-refractivity contribution in [2.24, 2.45) is 11.8 Å². The molecule has 1 heterocycles. The van der Waals surface area contributed by atoms with E-state index in [0.29, 0.717) is 57.5 Å². The van der Waals surface area contributed by atoms with E-state index in [1.165, 1.54) is 0 Å². The van der Waals surface area contributed by atoms with Crippen molar-refractivity contribution in [2.45, 2.75) is 53.5 Å². The number of piperidine rings is 1. The van der Waals surface area contributed by atoms with E-state index < -0.39 is 11.8 Å². The maximum absolute atomic E-state index is 12.5. The standard InChI is InChI=1S/C18H33N3O4/c1-6-25-18(24)20-9-7-15(8-10-20)19-16(22)17(23)21(11-13(2)3)12-14(4)5/h13-15H,6-12H2,1-5H3,(H,19,22). The topological polar surface area (TPSA) is 79.0 Å². The zero-order valence-electron chi connectivity index (χ0n) is 16.2. The van der Waals surface area contributed by atoms with Gasteiger partial charge in [-0.2, -0.15) is 0 Å². The Kier molecular flexibility index (Phi) is 8.72. The largest absolute Gasteiger partial charge is 0.450 e. The lowest BCUT2D eigenvalue weighted by Crippen LogP contribution is -2.51. The smallest absolute Gasteiger partial charge is 0.409 e. The van der Waals surface area contributed by atoms with Crippen LogP contribution in [0.1, 0.15) is 47.5 Å². The summed E-state index contributed by atoms with van der Waals surface area (Å²) < 4.78 is 4.98. The Labute approximate surface area is 151 Å². The second kappa shape index (κ2) is 10.3. The maximum atomic E-state index is 12.5. The Balaban J connectivity index is 2.51. The molecule has 1 fully saturated rings. The highest BCUT2D eigenvalue weighted by molar-refractivity contribution is 6.35. The number of amides is 3. The van der Waals surface area contributed by atoms with Crippen LogP contribution < -0.4 is 5.32 Å². The molecule has 0 atom stereocenters. The zero-order valence-corrected chi connectivity index (χ0v) is 16.2. The van der Waals surface area contributed by atoms with Gasteiger partial charge in [0.05, 0.1) is 6.61 Å². The van der Waals surface area contributed by atoms with Gasteiger partial charge in [0.1, 0.15) is 0 Å². The molecule has 0 radical (unpaired) electrons. The summed E-state index contributed by atoms with van der Waals surface area (Å²) in [5.74, 6) is -0.391. The van der Waals surface area contributed by atoms with Crippen molar-refractivity contribution in [1.29, 1.82) is 0 Å². The predicted molar refractivity (Wildman–Crippen MR) is 96.0 cm³/mol. The molecule has 7 heteroatoms. The number of ether oxygens (including phenoxy) is 1. The van der Waals surface area contributed by atoms with Gasteiger partial charge >= 0.3 is 17.9 Å². The van der Waals surface area contributed by atoms with Crippen LogP contribution >= 0.6 is 0 Å². The first-order chi connectivity index (χ1) is 11.7. The molecule has 0 aromatic rings. The fraction of sp³-hybridized carbons (Fsp3) is 0.833. The molecule has 0 bridgehead atoms. The van der Waals surface area contributed by atoms with Crippen molar-refractivity contribution in [3.63, 3.8) is 0 Å². The fourth-order valence-electron chi connectivity index (χ4n) is 2.93. The number of nitrogens with one attached hydrogen (secondary N) is 1. The van der Waals surface area contributed by atoms with Gasteiger partial charge in [-0.15, -0.1) is 0 Å². The molecular weight excluding hydrogens is 322 g/mol. The second-order valence-electron chi connectivity index (χ2n) is 7.43. The number of hydrogen-bond acceptors (Lipinski definition) is 4. The molecule has 1 aliphatic heterocycles. The van der Waals surface area contributed by atoms with E-state index in [4.69, 9.17) is 4.74 Å². The molecule has 0 spiro atoms. The minimum Gasteiger partial charge on any atom is -0.450 e. The first-order valence-electron chi connectivity index (χ1n) is 9.26. The highest BCUT2D eigenvalue weighted by Crippen LogP contribution is 2.12. The van der Waals surface area contributed by atoms with Crippen molar-refractivity contribution >= 4 is 17.9 Å². The third kappa shape index (κ3) is 7.32. The van der Waals surface area contributed by atoms with Gasteiger partial charge in [-0.3, -0.25) is 9.59 Å². The number of nitrogens with zero attached hydrogens (tertiary/aromatic N) is 2. The Morgan fingerprint density at radius 1 is 1.08 bits per heavy atom. The number of likely N-dealkylation sites (tertiary alicyclic amines) is 1. The molecule has 1 N–H and O–H groups in total. The van der Waals surface area contributed by atoms with Crippen molar-refractivity contribution < 1.29 is 19.1 Å². The highest BCUT2D eigenvalue weighted by atomic mass is 16.6. The van der Waals surface area contributed by atoms with Crippen molar-refractivity contribution in [3.05, 3.63) is 0 Å². The highest BCUT2D eigenvalue weighted by Gasteiger charge is 2.28. The summed E-state index contributed by atoms with van der Waals surface area (Å²) in [5, 5.41) is 2.83. The maximum Gasteiger partial charge on any atom is 0.409 e. The van der Waals surface area contributed by atoms with Gasteiger partial charge in [0.15, 0.2) is 0 Å². The van der Waals surface area contributed by atoms with Crippen LogP contribution in [0.25, 0.3) is 0 Å². The Bertz CT molecular complexity index is 447. The molecule has 0 unspecified atom stereocenters. The Hall–Kier alpha value is -1.79. The van der Waals surface area contributed by atoms with E-state index in [-0.39, 0.29) is 12.1 Å². The second-order valence-corrected chi connectivity index (χ2v) is 7.43. The number of rotatable bonds is 6. The Morgan fingerprint density at radius 3 is 2.04 bits per heavy atom. The van der Waals surface area contributed by atoms with E-state index in [0.717, 1.165) is 0 Å². The fourth-order valence-corrected chi connectivity index (χ4v) is 2.93. The molecule has 3 amide bonds. The van der Waals surface area contributed by atoms with Crippen molar-refractivity contribution in [2.75, 3.05) is 32.8 Å². The molecule has 25 heavy (non-hydrogen) atoms. The van der Waals surface area contributed by atoms with Crippen molar-refractivity contribution in [1.82, 2.24) is 15.1 Å². The average molecular weight is 355 g/mol. The summed E-state index contributed by atoms with van der Waals surface area (Å²) in [6.07, 6.45) is 0.946. The van der Waals surface area contributed by atoms with Gasteiger partial charge in [0.2, 0.25) is 0 Å². The van der Waals surface area contributed by atoms with Crippen LogP contribution in [-0.2, 0) is 14.3 Å². The Morgan fingerprint density at radius 2 is 1.60 bits per heavy atom. The van der Waals surface area contributed by atoms with Gasteiger partial charge in [-0.05, 0) is 31.6 Å². The summed E-state index contributed by atoms with van der Waals surface area (Å²) in [6.45, 7) is 12.5. The van der Waals surface area contributed by atoms with E-state index in [1.807, 2.05) is 27.7 Å². The lowest BCUT2D eigenvalue weighted by Gasteiger charge is -2.32. The van der Waals surface area contributed by atoms with Gasteiger partial charge in [-0.1, -0.05) is 27.7 Å². The molecular formula is C18H33N3O4. The van der Waals surface area contributed by atoms with Crippen molar-refractivity contribution in [3.8, 4) is 0 Å². The van der Waals surface area contributed by atoms with Crippen LogP contribution in [0.4, 0.5) is 4.79 Å².